The molecular formula is C91H75ClO2. The van der Waals surface area contributed by atoms with Crippen molar-refractivity contribution < 1.29 is 9.47 Å². The zero-order valence-electron chi connectivity index (χ0n) is 53.4. The van der Waals surface area contributed by atoms with Gasteiger partial charge in [0.2, 0.25) is 0 Å². The summed E-state index contributed by atoms with van der Waals surface area (Å²) in [6.07, 6.45) is 31.6. The van der Waals surface area contributed by atoms with Crippen LogP contribution in [0.2, 0.25) is 0 Å². The molecule has 2 nitrogen and oxygen atoms in total. The van der Waals surface area contributed by atoms with Gasteiger partial charge in [-0.3, -0.25) is 0 Å². The van der Waals surface area contributed by atoms with Crippen molar-refractivity contribution in [3.05, 3.63) is 388 Å². The average molecular weight is 1240 g/mol. The van der Waals surface area contributed by atoms with E-state index in [1.807, 2.05) is 30.3 Å². The maximum atomic E-state index is 7.09. The molecular weight excluding hydrogens is 1160 g/mol. The molecule has 3 aliphatic carbocycles. The number of hydrogen-bond acceptors (Lipinski definition) is 2. The predicted molar refractivity (Wildman–Crippen MR) is 398 cm³/mol. The van der Waals surface area contributed by atoms with Crippen LogP contribution in [0.5, 0.6) is 5.75 Å². The van der Waals surface area contributed by atoms with E-state index in [9.17, 15) is 0 Å². The van der Waals surface area contributed by atoms with Gasteiger partial charge in [0.25, 0.3) is 0 Å². The number of hydrogen-bond donors (Lipinski definition) is 0. The lowest BCUT2D eigenvalue weighted by Gasteiger charge is -2.32. The van der Waals surface area contributed by atoms with Crippen molar-refractivity contribution in [1.29, 1.82) is 0 Å². The molecule has 5 aliphatic rings. The highest BCUT2D eigenvalue weighted by Crippen LogP contribution is 2.47. The van der Waals surface area contributed by atoms with Gasteiger partial charge in [-0.25, -0.2) is 0 Å². The fourth-order valence-corrected chi connectivity index (χ4v) is 14.2. The Hall–Kier alpha value is -10.5. The summed E-state index contributed by atoms with van der Waals surface area (Å²) in [4.78, 5) is 0. The first-order chi connectivity index (χ1) is 46.3. The van der Waals surface area contributed by atoms with Crippen molar-refractivity contribution in [3.63, 3.8) is 0 Å². The molecule has 0 bridgehead atoms. The van der Waals surface area contributed by atoms with Crippen LogP contribution in [0.25, 0.3) is 78.5 Å². The van der Waals surface area contributed by atoms with Crippen LogP contribution in [-0.2, 0) is 11.2 Å². The zero-order valence-corrected chi connectivity index (χ0v) is 54.2. The normalized spacial score (nSPS) is 18.4. The summed E-state index contributed by atoms with van der Waals surface area (Å²) in [6.45, 7) is 4.74. The number of rotatable bonds is 12. The van der Waals surface area contributed by atoms with Gasteiger partial charge in [-0.15, -0.1) is 0 Å². The minimum atomic E-state index is 0.529. The Morgan fingerprint density at radius 2 is 0.968 bits per heavy atom. The molecule has 0 fully saturated rings. The van der Waals surface area contributed by atoms with Gasteiger partial charge in [-0.2, -0.15) is 0 Å². The summed E-state index contributed by atoms with van der Waals surface area (Å²) >= 11 is 7.09. The first kappa shape index (κ1) is 61.0. The molecule has 94 heavy (non-hydrogen) atoms. The second-order valence-electron chi connectivity index (χ2n) is 25.3. The Kier molecular flexibility index (Phi) is 18.5. The van der Waals surface area contributed by atoms with Gasteiger partial charge in [0.15, 0.2) is 0 Å². The smallest absolute Gasteiger partial charge is 0.135 e. The molecule has 3 heteroatoms. The van der Waals surface area contributed by atoms with E-state index < -0.39 is 0 Å². The quantitative estimate of drug-likeness (QED) is 0.114. The van der Waals surface area contributed by atoms with Gasteiger partial charge in [-0.1, -0.05) is 305 Å². The van der Waals surface area contributed by atoms with Crippen molar-refractivity contribution in [2.45, 2.75) is 58.8 Å². The fourth-order valence-electron chi connectivity index (χ4n) is 13.9. The van der Waals surface area contributed by atoms with Crippen LogP contribution in [0.15, 0.2) is 349 Å². The maximum Gasteiger partial charge on any atom is 0.135 e. The molecule has 2 heterocycles. The number of fused-ring (bicyclic) bond motifs is 4. The number of benzene rings is 10. The van der Waals surface area contributed by atoms with Crippen LogP contribution in [0, 0.1) is 11.8 Å². The van der Waals surface area contributed by atoms with Gasteiger partial charge in [-0.05, 0) is 199 Å². The zero-order chi connectivity index (χ0) is 63.6. The third-order valence-corrected chi connectivity index (χ3v) is 19.0. The standard InChI is InChI=1S/C50H44O.C41H31ClO/c1-35-28-41(45-33-43(37-18-8-3-9-19-37)32-44(47(45)30-35)38-20-10-4-11-21-38)26-16-7-17-27-42-29-36(2)31-48-46(39-22-12-5-13-23-39)34-49(51-50(42)48)40-24-14-6-15-25-40;42-41-31(22-24-34-27-36(29-12-3-1-4-13-29)26-33-16-7-8-19-37(33)34)17-11-18-32(41)23-25-35-28-40(30-14-5-2-6-15-30)43-39-21-10-9-20-38(35)39/h3-27,32-36H,28-31H2,1-2H3;1-10,12-16,19-28H,11,17-18H2/b16-7?,27-17?,41-26+;24-22+,32-23?,35-25-. The maximum absolute atomic E-state index is 7.09. The van der Waals surface area contributed by atoms with E-state index in [2.05, 4.69) is 305 Å². The molecule has 15 rings (SSSR count). The van der Waals surface area contributed by atoms with Gasteiger partial charge >= 0.3 is 0 Å². The monoisotopic (exact) mass is 1230 g/mol. The molecule has 0 aromatic heterocycles. The van der Waals surface area contributed by atoms with E-state index in [-0.39, 0.29) is 0 Å². The molecule has 2 atom stereocenters. The highest BCUT2D eigenvalue weighted by atomic mass is 35.5. The van der Waals surface area contributed by atoms with Crippen LogP contribution >= 0.6 is 11.6 Å². The fraction of sp³-hybridized carbons (Fsp3) is 0.121. The SMILES string of the molecule is CC1CC(C=CC=C/C=C2\CC(C)Cc3c2cc(-c2ccccc2)cc3-c2ccccc2)=C2OC(c3ccccc3)=CC(c3ccccc3)=C2C1.ClC1=C(/C=C/c2cc(-c3ccccc3)cc3ccccc23)CCCC1=C/C=C1/C=C(c2ccccc2)Oc2ccccc21. The second kappa shape index (κ2) is 28.6. The Morgan fingerprint density at radius 1 is 0.394 bits per heavy atom. The largest absolute Gasteiger partial charge is 0.456 e. The lowest BCUT2D eigenvalue weighted by molar-refractivity contribution is 0.358. The van der Waals surface area contributed by atoms with Gasteiger partial charge < -0.3 is 9.47 Å². The Balaban J connectivity index is 0.000000165. The van der Waals surface area contributed by atoms with E-state index in [0.29, 0.717) is 11.8 Å². The number of para-hydroxylation sites is 1. The van der Waals surface area contributed by atoms with E-state index in [4.69, 9.17) is 21.1 Å². The minimum absolute atomic E-state index is 0.529. The van der Waals surface area contributed by atoms with Crippen LogP contribution in [-0.4, -0.2) is 0 Å². The summed E-state index contributed by atoms with van der Waals surface area (Å²) in [6, 6.07) is 89.9. The van der Waals surface area contributed by atoms with Crippen molar-refractivity contribution in [1.82, 2.24) is 0 Å². The lowest BCUT2D eigenvalue weighted by atomic mass is 9.76. The Labute approximate surface area is 560 Å². The summed E-state index contributed by atoms with van der Waals surface area (Å²) in [5, 5.41) is 3.33. The highest BCUT2D eigenvalue weighted by molar-refractivity contribution is 6.32. The first-order valence-corrected chi connectivity index (χ1v) is 33.6. The molecule has 10 aromatic carbocycles. The van der Waals surface area contributed by atoms with Gasteiger partial charge in [0.05, 0.1) is 0 Å². The molecule has 0 saturated carbocycles. The first-order valence-electron chi connectivity index (χ1n) is 33.2. The van der Waals surface area contributed by atoms with Crippen LogP contribution in [0.3, 0.4) is 0 Å². The number of halogens is 1. The average Bonchev–Trinajstić information content (AvgIpc) is 0.807. The molecule has 0 amide bonds. The van der Waals surface area contributed by atoms with Crippen molar-refractivity contribution in [3.8, 4) is 39.1 Å². The number of allylic oxidation sites excluding steroid dienone is 18. The van der Waals surface area contributed by atoms with Crippen molar-refractivity contribution in [2.24, 2.45) is 11.8 Å². The molecule has 0 saturated heterocycles. The van der Waals surface area contributed by atoms with E-state index in [1.165, 1.54) is 99.8 Å². The summed E-state index contributed by atoms with van der Waals surface area (Å²) < 4.78 is 13.1. The summed E-state index contributed by atoms with van der Waals surface area (Å²) in [7, 11) is 0. The molecule has 2 aliphatic heterocycles. The summed E-state index contributed by atoms with van der Waals surface area (Å²) in [5.41, 5.74) is 24.8. The minimum Gasteiger partial charge on any atom is -0.456 e. The third-order valence-electron chi connectivity index (χ3n) is 18.5. The van der Waals surface area contributed by atoms with Crippen molar-refractivity contribution in [2.75, 3.05) is 0 Å². The lowest BCUT2D eigenvalue weighted by Crippen LogP contribution is -2.16. The second-order valence-corrected chi connectivity index (χ2v) is 25.7. The number of ether oxygens (including phenoxy) is 2. The van der Waals surface area contributed by atoms with E-state index >= 15 is 0 Å². The van der Waals surface area contributed by atoms with Crippen LogP contribution in [0.4, 0.5) is 0 Å². The van der Waals surface area contributed by atoms with Gasteiger partial charge in [0, 0.05) is 27.3 Å². The highest BCUT2D eigenvalue weighted by Gasteiger charge is 2.30. The summed E-state index contributed by atoms with van der Waals surface area (Å²) in [5.74, 6) is 4.75. The van der Waals surface area contributed by atoms with Gasteiger partial charge in [0.1, 0.15) is 23.0 Å². The molecule has 10 aromatic rings. The predicted octanol–water partition coefficient (Wildman–Crippen LogP) is 24.9. The molecule has 2 unspecified atom stereocenters. The van der Waals surface area contributed by atoms with E-state index in [0.717, 1.165) is 95.3 Å². The molecule has 0 radical (unpaired) electrons. The molecule has 0 spiro atoms. The van der Waals surface area contributed by atoms with Crippen molar-refractivity contribution >= 4 is 56.7 Å². The molecule has 0 N–H and O–H groups in total. The van der Waals surface area contributed by atoms with Crippen LogP contribution < -0.4 is 4.74 Å². The van der Waals surface area contributed by atoms with E-state index in [1.54, 1.807) is 0 Å². The third kappa shape index (κ3) is 13.8. The van der Waals surface area contributed by atoms with Crippen LogP contribution in [0.1, 0.15) is 91.3 Å². The Morgan fingerprint density at radius 3 is 1.66 bits per heavy atom. The molecule has 458 valence electrons. The topological polar surface area (TPSA) is 18.5 Å². The Bertz CT molecular complexity index is 4780.